The third-order valence-electron chi connectivity index (χ3n) is 5.06. The molecule has 3 rings (SSSR count). The number of carbonyl (C=O) groups excluding carboxylic acids is 1. The summed E-state index contributed by atoms with van der Waals surface area (Å²) >= 11 is 1.60. The van der Waals surface area contributed by atoms with Crippen molar-refractivity contribution >= 4 is 23.9 Å². The second-order valence-corrected chi connectivity index (χ2v) is 8.67. The molecule has 0 aliphatic rings. The number of ether oxygens (including phenoxy) is 1. The zero-order valence-corrected chi connectivity index (χ0v) is 19.4. The highest BCUT2D eigenvalue weighted by Gasteiger charge is 2.30. The SMILES string of the molecule is CCCCN(Sc1ccc(OCC=O)c(C)c1)c1cccc(-c2ccc(C(F)(F)F)cc2)c1. The maximum atomic E-state index is 12.9. The molecule has 7 heteroatoms. The first-order valence-electron chi connectivity index (χ1n) is 10.7. The van der Waals surface area contributed by atoms with Gasteiger partial charge in [-0.05, 0) is 84.4 Å². The van der Waals surface area contributed by atoms with Crippen LogP contribution in [0.2, 0.25) is 0 Å². The maximum absolute atomic E-state index is 12.9. The van der Waals surface area contributed by atoms with E-state index in [0.29, 0.717) is 5.75 Å². The fourth-order valence-electron chi connectivity index (χ4n) is 3.31. The van der Waals surface area contributed by atoms with Crippen molar-refractivity contribution in [1.82, 2.24) is 0 Å². The lowest BCUT2D eigenvalue weighted by Gasteiger charge is -2.24. The number of halogens is 3. The number of nitrogens with zero attached hydrogens (tertiary/aromatic N) is 1. The number of benzene rings is 3. The topological polar surface area (TPSA) is 29.5 Å². The summed E-state index contributed by atoms with van der Waals surface area (Å²) in [5.41, 5.74) is 2.86. The van der Waals surface area contributed by atoms with Gasteiger partial charge in [-0.1, -0.05) is 37.6 Å². The molecule has 0 saturated heterocycles. The standard InChI is InChI=1S/C26H26F3NO2S/c1-3-4-14-30(33-24-12-13-25(19(2)17-24)32-16-15-31)23-7-5-6-21(18-23)20-8-10-22(11-9-20)26(27,28)29/h5-13,15,17-18H,3-4,14,16H2,1-2H3. The van der Waals surface area contributed by atoms with Gasteiger partial charge in [0.2, 0.25) is 0 Å². The third kappa shape index (κ3) is 6.78. The summed E-state index contributed by atoms with van der Waals surface area (Å²) in [6.07, 6.45) is -1.59. The minimum atomic E-state index is -4.35. The molecule has 0 heterocycles. The van der Waals surface area contributed by atoms with Crippen LogP contribution in [-0.2, 0) is 11.0 Å². The zero-order valence-electron chi connectivity index (χ0n) is 18.6. The number of carbonyl (C=O) groups is 1. The monoisotopic (exact) mass is 473 g/mol. The molecule has 33 heavy (non-hydrogen) atoms. The molecule has 0 unspecified atom stereocenters. The first-order chi connectivity index (χ1) is 15.8. The smallest absolute Gasteiger partial charge is 0.416 e. The van der Waals surface area contributed by atoms with Gasteiger partial charge < -0.3 is 9.04 Å². The van der Waals surface area contributed by atoms with Gasteiger partial charge in [0.15, 0.2) is 6.29 Å². The van der Waals surface area contributed by atoms with Gasteiger partial charge in [-0.15, -0.1) is 0 Å². The molecule has 0 atom stereocenters. The Hall–Kier alpha value is -2.93. The van der Waals surface area contributed by atoms with Gasteiger partial charge >= 0.3 is 6.18 Å². The van der Waals surface area contributed by atoms with E-state index < -0.39 is 11.7 Å². The molecule has 0 spiro atoms. The molecular weight excluding hydrogens is 447 g/mol. The highest BCUT2D eigenvalue weighted by Crippen LogP contribution is 2.35. The Morgan fingerprint density at radius 2 is 1.76 bits per heavy atom. The lowest BCUT2D eigenvalue weighted by Crippen LogP contribution is -2.15. The lowest BCUT2D eigenvalue weighted by atomic mass is 10.0. The molecule has 0 aliphatic carbocycles. The molecule has 3 aromatic rings. The first kappa shape index (κ1) is 24.7. The van der Waals surface area contributed by atoms with E-state index >= 15 is 0 Å². The van der Waals surface area contributed by atoms with Crippen LogP contribution in [0.4, 0.5) is 18.9 Å². The van der Waals surface area contributed by atoms with Crippen molar-refractivity contribution in [2.45, 2.75) is 37.8 Å². The lowest BCUT2D eigenvalue weighted by molar-refractivity contribution is -0.137. The Balaban J connectivity index is 1.84. The van der Waals surface area contributed by atoms with Crippen molar-refractivity contribution in [2.75, 3.05) is 17.5 Å². The number of hydrogen-bond acceptors (Lipinski definition) is 4. The van der Waals surface area contributed by atoms with Crippen molar-refractivity contribution in [1.29, 1.82) is 0 Å². The molecule has 3 nitrogen and oxygen atoms in total. The van der Waals surface area contributed by atoms with E-state index in [-0.39, 0.29) is 6.61 Å². The van der Waals surface area contributed by atoms with Crippen molar-refractivity contribution < 1.29 is 22.7 Å². The first-order valence-corrected chi connectivity index (χ1v) is 11.5. The largest absolute Gasteiger partial charge is 0.486 e. The summed E-state index contributed by atoms with van der Waals surface area (Å²) in [5, 5.41) is 0. The van der Waals surface area contributed by atoms with Crippen molar-refractivity contribution in [3.8, 4) is 16.9 Å². The quantitative estimate of drug-likeness (QED) is 0.224. The summed E-state index contributed by atoms with van der Waals surface area (Å²) in [5.74, 6) is 0.677. The summed E-state index contributed by atoms with van der Waals surface area (Å²) in [6, 6.07) is 18.9. The van der Waals surface area contributed by atoms with Crippen LogP contribution in [0.3, 0.4) is 0 Å². The predicted octanol–water partition coefficient (Wildman–Crippen LogP) is 7.57. The molecule has 0 bridgehead atoms. The number of unbranched alkanes of at least 4 members (excludes halogenated alkanes) is 1. The Morgan fingerprint density at radius 3 is 2.39 bits per heavy atom. The van der Waals surface area contributed by atoms with Gasteiger partial charge in [0, 0.05) is 17.1 Å². The normalized spacial score (nSPS) is 11.3. The van der Waals surface area contributed by atoms with E-state index in [1.165, 1.54) is 12.1 Å². The Bertz CT molecular complexity index is 1070. The number of rotatable bonds is 10. The van der Waals surface area contributed by atoms with E-state index in [1.54, 1.807) is 11.9 Å². The van der Waals surface area contributed by atoms with Crippen molar-refractivity contribution in [3.63, 3.8) is 0 Å². The third-order valence-corrected chi connectivity index (χ3v) is 6.14. The average Bonchev–Trinajstić information content (AvgIpc) is 2.81. The molecule has 0 fully saturated rings. The molecule has 0 amide bonds. The van der Waals surface area contributed by atoms with Crippen LogP contribution in [0, 0.1) is 6.92 Å². The van der Waals surface area contributed by atoms with Gasteiger partial charge in [0.05, 0.1) is 5.56 Å². The van der Waals surface area contributed by atoms with Gasteiger partial charge in [-0.3, -0.25) is 4.79 Å². The molecule has 0 aromatic heterocycles. The van der Waals surface area contributed by atoms with Gasteiger partial charge in [0.25, 0.3) is 0 Å². The zero-order chi connectivity index (χ0) is 23.8. The van der Waals surface area contributed by atoms with E-state index in [1.807, 2.05) is 49.4 Å². The van der Waals surface area contributed by atoms with Crippen LogP contribution >= 0.6 is 11.9 Å². The van der Waals surface area contributed by atoms with Crippen LogP contribution in [0.15, 0.2) is 71.6 Å². The highest BCUT2D eigenvalue weighted by molar-refractivity contribution is 8.00. The van der Waals surface area contributed by atoms with Crippen LogP contribution < -0.4 is 9.04 Å². The van der Waals surface area contributed by atoms with Gasteiger partial charge in [0.1, 0.15) is 12.4 Å². The molecule has 3 aromatic carbocycles. The number of alkyl halides is 3. The molecule has 0 aliphatic heterocycles. The molecular formula is C26H26F3NO2S. The summed E-state index contributed by atoms with van der Waals surface area (Å²) in [7, 11) is 0. The summed E-state index contributed by atoms with van der Waals surface area (Å²) in [4.78, 5) is 11.6. The highest BCUT2D eigenvalue weighted by atomic mass is 32.2. The Labute approximate surface area is 196 Å². The Morgan fingerprint density at radius 1 is 1.00 bits per heavy atom. The molecule has 0 saturated carbocycles. The van der Waals surface area contributed by atoms with Crippen LogP contribution in [0.5, 0.6) is 5.75 Å². The van der Waals surface area contributed by atoms with Crippen molar-refractivity contribution in [3.05, 3.63) is 77.9 Å². The molecule has 174 valence electrons. The number of hydrogen-bond donors (Lipinski definition) is 0. The van der Waals surface area contributed by atoms with E-state index in [0.717, 1.165) is 65.1 Å². The van der Waals surface area contributed by atoms with Crippen LogP contribution in [0.25, 0.3) is 11.1 Å². The average molecular weight is 474 g/mol. The van der Waals surface area contributed by atoms with Gasteiger partial charge in [-0.2, -0.15) is 13.2 Å². The van der Waals surface area contributed by atoms with E-state index in [9.17, 15) is 18.0 Å². The Kier molecular flexibility index (Phi) is 8.44. The minimum Gasteiger partial charge on any atom is -0.486 e. The second-order valence-electron chi connectivity index (χ2n) is 7.58. The second kappa shape index (κ2) is 11.3. The number of aryl methyl sites for hydroxylation is 1. The fraction of sp³-hybridized carbons (Fsp3) is 0.269. The van der Waals surface area contributed by atoms with E-state index in [2.05, 4.69) is 11.2 Å². The summed E-state index contributed by atoms with van der Waals surface area (Å²) < 4.78 is 46.3. The molecule has 0 N–H and O–H groups in total. The number of aldehydes is 1. The maximum Gasteiger partial charge on any atom is 0.416 e. The predicted molar refractivity (Wildman–Crippen MR) is 128 cm³/mol. The van der Waals surface area contributed by atoms with Crippen LogP contribution in [-0.4, -0.2) is 19.4 Å². The summed E-state index contributed by atoms with van der Waals surface area (Å²) in [6.45, 7) is 4.91. The number of anilines is 1. The van der Waals surface area contributed by atoms with Crippen molar-refractivity contribution in [2.24, 2.45) is 0 Å². The van der Waals surface area contributed by atoms with Crippen LogP contribution in [0.1, 0.15) is 30.9 Å². The van der Waals surface area contributed by atoms with E-state index in [4.69, 9.17) is 4.74 Å². The molecule has 0 radical (unpaired) electrons. The fourth-order valence-corrected chi connectivity index (χ4v) is 4.37. The van der Waals surface area contributed by atoms with Gasteiger partial charge in [-0.25, -0.2) is 0 Å². The minimum absolute atomic E-state index is 0.0205.